The molecule has 0 atom stereocenters. The zero-order valence-corrected chi connectivity index (χ0v) is 17.3. The van der Waals surface area contributed by atoms with Crippen LogP contribution in [-0.4, -0.2) is 75.9 Å². The van der Waals surface area contributed by atoms with Crippen LogP contribution in [0.5, 0.6) is 0 Å². The second kappa shape index (κ2) is 8.25. The molecule has 2 fully saturated rings. The van der Waals surface area contributed by atoms with Crippen molar-refractivity contribution in [3.05, 3.63) is 35.9 Å². The minimum absolute atomic E-state index is 0.00165. The van der Waals surface area contributed by atoms with Gasteiger partial charge in [-0.05, 0) is 25.0 Å². The van der Waals surface area contributed by atoms with Gasteiger partial charge in [-0.2, -0.15) is 0 Å². The van der Waals surface area contributed by atoms with Gasteiger partial charge >= 0.3 is 0 Å². The molecule has 156 valence electrons. The zero-order valence-electron chi connectivity index (χ0n) is 16.5. The summed E-state index contributed by atoms with van der Waals surface area (Å²) in [4.78, 5) is 21.9. The number of hydrogen-bond acceptors (Lipinski definition) is 6. The van der Waals surface area contributed by atoms with Crippen LogP contribution in [0.25, 0.3) is 10.9 Å². The van der Waals surface area contributed by atoms with E-state index in [1.54, 1.807) is 0 Å². The number of para-hydroxylation sites is 1. The molecular formula is C20H26N4O4S. The van der Waals surface area contributed by atoms with Crippen LogP contribution in [0.15, 0.2) is 30.3 Å². The van der Waals surface area contributed by atoms with Gasteiger partial charge in [-0.25, -0.2) is 18.1 Å². The quantitative estimate of drug-likeness (QED) is 0.803. The molecule has 0 radical (unpaired) electrons. The van der Waals surface area contributed by atoms with Crippen molar-refractivity contribution in [3.63, 3.8) is 0 Å². The number of nitrogens with zero attached hydrogens (tertiary/aromatic N) is 3. The van der Waals surface area contributed by atoms with E-state index in [0.717, 1.165) is 16.7 Å². The molecule has 1 N–H and O–H groups in total. The molecule has 2 aliphatic heterocycles. The maximum atomic E-state index is 13.2. The summed E-state index contributed by atoms with van der Waals surface area (Å²) in [5.41, 5.74) is 1.45. The first kappa shape index (κ1) is 20.1. The van der Waals surface area contributed by atoms with E-state index < -0.39 is 10.0 Å². The Balaban J connectivity index is 1.60. The van der Waals surface area contributed by atoms with E-state index in [-0.39, 0.29) is 11.9 Å². The van der Waals surface area contributed by atoms with Gasteiger partial charge in [0.25, 0.3) is 5.91 Å². The minimum atomic E-state index is -3.21. The van der Waals surface area contributed by atoms with Crippen LogP contribution < -0.4 is 9.62 Å². The van der Waals surface area contributed by atoms with E-state index in [2.05, 4.69) is 9.62 Å². The number of carbonyl (C=O) groups is 1. The number of morpholine rings is 1. The Morgan fingerprint density at radius 3 is 2.52 bits per heavy atom. The first-order valence-corrected chi connectivity index (χ1v) is 11.8. The lowest BCUT2D eigenvalue weighted by Crippen LogP contribution is -2.44. The molecule has 0 saturated carbocycles. The van der Waals surface area contributed by atoms with Crippen LogP contribution in [0.1, 0.15) is 23.2 Å². The highest BCUT2D eigenvalue weighted by Crippen LogP contribution is 2.26. The van der Waals surface area contributed by atoms with Crippen molar-refractivity contribution >= 4 is 32.7 Å². The predicted octanol–water partition coefficient (Wildman–Crippen LogP) is 1.23. The number of pyridine rings is 1. The number of sulfonamides is 1. The fourth-order valence-corrected chi connectivity index (χ4v) is 4.81. The molecule has 1 aromatic heterocycles. The van der Waals surface area contributed by atoms with E-state index in [0.29, 0.717) is 57.8 Å². The minimum Gasteiger partial charge on any atom is -0.378 e. The van der Waals surface area contributed by atoms with Gasteiger partial charge in [0.15, 0.2) is 0 Å². The van der Waals surface area contributed by atoms with E-state index in [4.69, 9.17) is 9.72 Å². The molecular weight excluding hydrogens is 392 g/mol. The number of ether oxygens (including phenoxy) is 1. The normalized spacial score (nSPS) is 18.9. The van der Waals surface area contributed by atoms with Crippen LogP contribution in [0, 0.1) is 0 Å². The van der Waals surface area contributed by atoms with Gasteiger partial charge < -0.3 is 14.5 Å². The summed E-state index contributed by atoms with van der Waals surface area (Å²) in [6.45, 7) is 3.67. The first-order valence-electron chi connectivity index (χ1n) is 9.90. The highest BCUT2D eigenvalue weighted by Gasteiger charge is 2.25. The molecule has 0 aliphatic carbocycles. The third kappa shape index (κ3) is 4.68. The number of piperidine rings is 1. The smallest absolute Gasteiger partial charge is 0.254 e. The van der Waals surface area contributed by atoms with E-state index in [9.17, 15) is 13.2 Å². The molecule has 4 rings (SSSR count). The lowest BCUT2D eigenvalue weighted by Gasteiger charge is -2.33. The maximum Gasteiger partial charge on any atom is 0.254 e. The number of carbonyl (C=O) groups excluding carboxylic acids is 1. The SMILES string of the molecule is CS(=O)(=O)NC1CCN(c2cc(C(=O)N3CCOCC3)c3ccccc3n2)CC1. The number of hydrogen-bond donors (Lipinski definition) is 1. The molecule has 3 heterocycles. The molecule has 0 bridgehead atoms. The van der Waals surface area contributed by atoms with Crippen LogP contribution >= 0.6 is 0 Å². The van der Waals surface area contributed by atoms with Crippen molar-refractivity contribution in [3.8, 4) is 0 Å². The largest absolute Gasteiger partial charge is 0.378 e. The van der Waals surface area contributed by atoms with Crippen LogP contribution in [0.3, 0.4) is 0 Å². The average Bonchev–Trinajstić information content (AvgIpc) is 2.72. The molecule has 2 aromatic rings. The molecule has 0 unspecified atom stereocenters. The molecule has 1 amide bonds. The van der Waals surface area contributed by atoms with Gasteiger partial charge in [0.05, 0.1) is 30.5 Å². The summed E-state index contributed by atoms with van der Waals surface area (Å²) in [5, 5.41) is 0.848. The second-order valence-corrected chi connectivity index (χ2v) is 9.38. The first-order chi connectivity index (χ1) is 13.9. The summed E-state index contributed by atoms with van der Waals surface area (Å²) in [6, 6.07) is 9.52. The number of benzene rings is 1. The number of rotatable bonds is 4. The van der Waals surface area contributed by atoms with Crippen molar-refractivity contribution in [2.45, 2.75) is 18.9 Å². The summed E-state index contributed by atoms with van der Waals surface area (Å²) in [5.74, 6) is 0.764. The fraction of sp³-hybridized carbons (Fsp3) is 0.500. The summed E-state index contributed by atoms with van der Waals surface area (Å²) < 4.78 is 31.0. The Labute approximate surface area is 170 Å². The van der Waals surface area contributed by atoms with Crippen LogP contribution in [-0.2, 0) is 14.8 Å². The molecule has 2 aliphatic rings. The van der Waals surface area contributed by atoms with Gasteiger partial charge in [0.2, 0.25) is 10.0 Å². The lowest BCUT2D eigenvalue weighted by atomic mass is 10.0. The third-order valence-corrected chi connectivity index (χ3v) is 6.19. The van der Waals surface area contributed by atoms with Gasteiger partial charge in [-0.1, -0.05) is 18.2 Å². The maximum absolute atomic E-state index is 13.2. The van der Waals surface area contributed by atoms with Crippen LogP contribution in [0.2, 0.25) is 0 Å². The number of amides is 1. The Morgan fingerprint density at radius 1 is 1.14 bits per heavy atom. The summed E-state index contributed by atoms with van der Waals surface area (Å²) in [6.07, 6.45) is 2.59. The number of nitrogens with one attached hydrogen (secondary N) is 1. The van der Waals surface area contributed by atoms with Gasteiger partial charge in [0, 0.05) is 37.6 Å². The highest BCUT2D eigenvalue weighted by atomic mass is 32.2. The van der Waals surface area contributed by atoms with Crippen LogP contribution in [0.4, 0.5) is 5.82 Å². The Morgan fingerprint density at radius 2 is 1.83 bits per heavy atom. The van der Waals surface area contributed by atoms with Gasteiger partial charge in [-0.3, -0.25) is 4.79 Å². The molecule has 0 spiro atoms. The van der Waals surface area contributed by atoms with E-state index >= 15 is 0 Å². The van der Waals surface area contributed by atoms with Gasteiger partial charge in [0.1, 0.15) is 5.82 Å². The third-order valence-electron chi connectivity index (χ3n) is 5.43. The molecule has 9 heteroatoms. The molecule has 8 nitrogen and oxygen atoms in total. The standard InChI is InChI=1S/C20H26N4O4S/c1-29(26,27)22-15-6-8-23(9-7-15)19-14-17(16-4-2-3-5-18(16)21-19)20(25)24-10-12-28-13-11-24/h2-5,14-15,22H,6-13H2,1H3. The van der Waals surface area contributed by atoms with Crippen molar-refractivity contribution in [2.75, 3.05) is 50.5 Å². The molecule has 29 heavy (non-hydrogen) atoms. The Bertz CT molecular complexity index is 997. The number of aromatic nitrogens is 1. The molecule has 2 saturated heterocycles. The summed E-state index contributed by atoms with van der Waals surface area (Å²) in [7, 11) is -3.21. The van der Waals surface area contributed by atoms with Gasteiger partial charge in [-0.15, -0.1) is 0 Å². The topological polar surface area (TPSA) is 91.8 Å². The summed E-state index contributed by atoms with van der Waals surface area (Å²) >= 11 is 0. The van der Waals surface area contributed by atoms with Crippen molar-refractivity contribution < 1.29 is 17.9 Å². The molecule has 1 aromatic carbocycles. The van der Waals surface area contributed by atoms with Crippen molar-refractivity contribution in [1.29, 1.82) is 0 Å². The van der Waals surface area contributed by atoms with Crippen molar-refractivity contribution in [1.82, 2.24) is 14.6 Å². The van der Waals surface area contributed by atoms with E-state index in [1.807, 2.05) is 35.2 Å². The Hall–Kier alpha value is -2.23. The highest BCUT2D eigenvalue weighted by molar-refractivity contribution is 7.88. The Kier molecular flexibility index (Phi) is 5.71. The van der Waals surface area contributed by atoms with Crippen molar-refractivity contribution in [2.24, 2.45) is 0 Å². The predicted molar refractivity (Wildman–Crippen MR) is 112 cm³/mol. The average molecular weight is 419 g/mol. The second-order valence-electron chi connectivity index (χ2n) is 7.60. The monoisotopic (exact) mass is 418 g/mol. The lowest BCUT2D eigenvalue weighted by molar-refractivity contribution is 0.0304. The number of fused-ring (bicyclic) bond motifs is 1. The number of anilines is 1. The van der Waals surface area contributed by atoms with E-state index in [1.165, 1.54) is 6.26 Å². The zero-order chi connectivity index (χ0) is 20.4. The fourth-order valence-electron chi connectivity index (χ4n) is 3.97.